The van der Waals surface area contributed by atoms with E-state index in [0.717, 1.165) is 0 Å². The molecule has 1 heterocycles. The van der Waals surface area contributed by atoms with Crippen LogP contribution in [0.5, 0.6) is 0 Å². The second kappa shape index (κ2) is 2.76. The lowest BCUT2D eigenvalue weighted by atomic mass is 10.6. The van der Waals surface area contributed by atoms with Crippen molar-refractivity contribution in [2.24, 2.45) is 5.73 Å². The van der Waals surface area contributed by atoms with Gasteiger partial charge in [0.15, 0.2) is 5.82 Å². The molecule has 3 N–H and O–H groups in total. The number of nitrogens with zero attached hydrogens (tertiary/aromatic N) is 4. The first kappa shape index (κ1) is 6.46. The van der Waals surface area contributed by atoms with Crippen LogP contribution in [0.1, 0.15) is 5.82 Å². The summed E-state index contributed by atoms with van der Waals surface area (Å²) < 4.78 is 0. The van der Waals surface area contributed by atoms with Crippen molar-refractivity contribution >= 4 is 6.03 Å². The van der Waals surface area contributed by atoms with E-state index in [1.165, 1.54) is 0 Å². The summed E-state index contributed by atoms with van der Waals surface area (Å²) in [7, 11) is 0. The Morgan fingerprint density at radius 2 is 2.60 bits per heavy atom. The third-order valence-corrected chi connectivity index (χ3v) is 0.774. The minimum atomic E-state index is -0.726. The molecule has 1 aromatic heterocycles. The number of aromatic nitrogens is 4. The van der Waals surface area contributed by atoms with Gasteiger partial charge in [-0.2, -0.15) is 0 Å². The largest absolute Gasteiger partial charge is 0.350 e. The molecule has 0 aliphatic heterocycles. The molecule has 0 saturated heterocycles. The van der Waals surface area contributed by atoms with E-state index in [1.54, 1.807) is 0 Å². The predicted octanol–water partition coefficient (Wildman–Crippen LogP) is -1.62. The van der Waals surface area contributed by atoms with Crippen molar-refractivity contribution in [1.29, 1.82) is 0 Å². The average molecular weight is 141 g/mol. The molecule has 1 rings (SSSR count). The monoisotopic (exact) mass is 141 g/mol. The van der Waals surface area contributed by atoms with Gasteiger partial charge in [-0.05, 0) is 10.4 Å². The maximum atomic E-state index is 10.1. The Hall–Kier alpha value is -1.66. The zero-order valence-corrected chi connectivity index (χ0v) is 4.98. The van der Waals surface area contributed by atoms with Gasteiger partial charge in [0, 0.05) is 0 Å². The van der Waals surface area contributed by atoms with E-state index in [4.69, 9.17) is 5.73 Å². The molecule has 2 amide bonds. The molecule has 0 aliphatic carbocycles. The van der Waals surface area contributed by atoms with Crippen molar-refractivity contribution in [1.82, 2.24) is 25.9 Å². The van der Waals surface area contributed by atoms with Crippen LogP contribution in [0.4, 0.5) is 4.79 Å². The van der Waals surface area contributed by atoms with Gasteiger partial charge in [0.05, 0.1) is 0 Å². The zero-order chi connectivity index (χ0) is 7.40. The molecular formula is C3H5N6O. The van der Waals surface area contributed by atoms with Crippen LogP contribution < -0.4 is 11.1 Å². The van der Waals surface area contributed by atoms with Gasteiger partial charge in [0.2, 0.25) is 0 Å². The van der Waals surface area contributed by atoms with Crippen molar-refractivity contribution in [2.45, 2.75) is 6.54 Å². The van der Waals surface area contributed by atoms with Gasteiger partial charge in [-0.15, -0.1) is 5.10 Å². The number of aromatic amines is 1. The Balaban J connectivity index is 2.35. The number of primary amides is 1. The van der Waals surface area contributed by atoms with Crippen molar-refractivity contribution in [3.63, 3.8) is 0 Å². The first-order valence-corrected chi connectivity index (χ1v) is 2.48. The molecule has 7 nitrogen and oxygen atoms in total. The molecule has 0 unspecified atom stereocenters. The van der Waals surface area contributed by atoms with Gasteiger partial charge < -0.3 is 5.73 Å². The minimum Gasteiger partial charge on any atom is -0.350 e. The predicted molar refractivity (Wildman–Crippen MR) is 29.6 cm³/mol. The molecule has 10 heavy (non-hydrogen) atoms. The van der Waals surface area contributed by atoms with Gasteiger partial charge in [-0.1, -0.05) is 0 Å². The average Bonchev–Trinajstić information content (AvgIpc) is 2.34. The first-order chi connectivity index (χ1) is 4.79. The summed E-state index contributed by atoms with van der Waals surface area (Å²) in [5.74, 6) is 0.416. The highest BCUT2D eigenvalue weighted by Crippen LogP contribution is 1.80. The van der Waals surface area contributed by atoms with Crippen molar-refractivity contribution < 1.29 is 4.79 Å². The fraction of sp³-hybridized carbons (Fsp3) is 0.333. The second-order valence-corrected chi connectivity index (χ2v) is 1.50. The van der Waals surface area contributed by atoms with E-state index < -0.39 is 6.03 Å². The number of nitrogens with two attached hydrogens (primary N) is 1. The number of urea groups is 1. The van der Waals surface area contributed by atoms with Crippen LogP contribution in [0.3, 0.4) is 0 Å². The highest BCUT2D eigenvalue weighted by Gasteiger charge is 1.98. The lowest BCUT2D eigenvalue weighted by molar-refractivity contribution is 0.247. The third kappa shape index (κ3) is 1.69. The second-order valence-electron chi connectivity index (χ2n) is 1.50. The standard InChI is InChI=1S/C3H5N6O/c4-3(10)5-1-2-6-8-9-7-2/h1H2,(H2,4,10)(H,6,7,8,9). The summed E-state index contributed by atoms with van der Waals surface area (Å²) in [6.45, 7) is 0.0995. The molecule has 0 bridgehead atoms. The van der Waals surface area contributed by atoms with Crippen LogP contribution in [0.2, 0.25) is 0 Å². The van der Waals surface area contributed by atoms with Crippen LogP contribution in [0.15, 0.2) is 0 Å². The molecule has 0 atom stereocenters. The fourth-order valence-corrected chi connectivity index (χ4v) is 0.399. The topological polar surface area (TPSA) is 112 Å². The lowest BCUT2D eigenvalue weighted by Gasteiger charge is -1.89. The van der Waals surface area contributed by atoms with Crippen LogP contribution in [0, 0.1) is 0 Å². The molecule has 0 aliphatic rings. The van der Waals surface area contributed by atoms with Crippen LogP contribution in [0.25, 0.3) is 0 Å². The Morgan fingerprint density at radius 1 is 1.80 bits per heavy atom. The number of tetrazole rings is 1. The number of hydrogen-bond donors (Lipinski definition) is 2. The third-order valence-electron chi connectivity index (χ3n) is 0.774. The van der Waals surface area contributed by atoms with E-state index in [0.29, 0.717) is 5.82 Å². The Kier molecular flexibility index (Phi) is 1.78. The summed E-state index contributed by atoms with van der Waals surface area (Å²) in [6.07, 6.45) is 0. The van der Waals surface area contributed by atoms with E-state index >= 15 is 0 Å². The Labute approximate surface area is 56.0 Å². The molecule has 1 radical (unpaired) electrons. The quantitative estimate of drug-likeness (QED) is 0.515. The van der Waals surface area contributed by atoms with Gasteiger partial charge in [0.25, 0.3) is 0 Å². The molecule has 0 fully saturated rings. The lowest BCUT2D eigenvalue weighted by Crippen LogP contribution is -2.22. The van der Waals surface area contributed by atoms with Gasteiger partial charge in [-0.25, -0.2) is 15.2 Å². The minimum absolute atomic E-state index is 0.0995. The zero-order valence-electron chi connectivity index (χ0n) is 4.98. The summed E-state index contributed by atoms with van der Waals surface area (Å²) in [4.78, 5) is 10.1. The summed E-state index contributed by atoms with van der Waals surface area (Å²) in [5.41, 5.74) is 4.72. The van der Waals surface area contributed by atoms with E-state index in [1.807, 2.05) is 0 Å². The molecule has 0 saturated carbocycles. The number of carbonyl (C=O) groups is 1. The molecule has 0 aromatic carbocycles. The fourth-order valence-electron chi connectivity index (χ4n) is 0.399. The summed E-state index contributed by atoms with van der Waals surface area (Å²) in [6, 6.07) is -0.726. The van der Waals surface area contributed by atoms with Crippen molar-refractivity contribution in [3.8, 4) is 0 Å². The molecular weight excluding hydrogens is 136 g/mol. The van der Waals surface area contributed by atoms with Crippen molar-refractivity contribution in [2.75, 3.05) is 0 Å². The summed E-state index contributed by atoms with van der Waals surface area (Å²) >= 11 is 0. The number of amides is 2. The number of rotatable bonds is 2. The highest BCUT2D eigenvalue weighted by atomic mass is 16.2. The maximum absolute atomic E-state index is 10.1. The normalized spacial score (nSPS) is 9.20. The number of carbonyl (C=O) groups excluding carboxylic acids is 1. The van der Waals surface area contributed by atoms with Crippen LogP contribution in [-0.4, -0.2) is 26.7 Å². The number of hydrogen-bond acceptors (Lipinski definition) is 4. The van der Waals surface area contributed by atoms with E-state index in [2.05, 4.69) is 25.9 Å². The Bertz CT molecular complexity index is 205. The molecule has 1 aromatic rings. The van der Waals surface area contributed by atoms with Gasteiger partial charge >= 0.3 is 6.03 Å². The summed E-state index contributed by atoms with van der Waals surface area (Å²) in [5, 5.41) is 15.8. The SMILES string of the molecule is NC(=O)[N]Cc1nnn[nH]1. The first-order valence-electron chi connectivity index (χ1n) is 2.48. The Morgan fingerprint density at radius 3 is 3.10 bits per heavy atom. The van der Waals surface area contributed by atoms with Gasteiger partial charge in [-0.3, -0.25) is 0 Å². The van der Waals surface area contributed by atoms with Crippen LogP contribution in [-0.2, 0) is 6.54 Å². The smallest absolute Gasteiger partial charge is 0.334 e. The van der Waals surface area contributed by atoms with E-state index in [-0.39, 0.29) is 6.54 Å². The number of nitrogens with one attached hydrogen (secondary N) is 1. The number of H-pyrrole nitrogens is 1. The molecule has 53 valence electrons. The van der Waals surface area contributed by atoms with E-state index in [9.17, 15) is 4.79 Å². The van der Waals surface area contributed by atoms with Gasteiger partial charge in [0.1, 0.15) is 6.54 Å². The molecule has 7 heteroatoms. The van der Waals surface area contributed by atoms with Crippen molar-refractivity contribution in [3.05, 3.63) is 5.82 Å². The molecule has 0 spiro atoms. The maximum Gasteiger partial charge on any atom is 0.334 e. The highest BCUT2D eigenvalue weighted by molar-refractivity contribution is 5.71. The van der Waals surface area contributed by atoms with Crippen LogP contribution >= 0.6 is 0 Å².